The minimum absolute atomic E-state index is 0.706. The lowest BCUT2D eigenvalue weighted by atomic mass is 9.93. The van der Waals surface area contributed by atoms with Gasteiger partial charge in [0.15, 0.2) is 0 Å². The van der Waals surface area contributed by atoms with Gasteiger partial charge < -0.3 is 5.32 Å². The van der Waals surface area contributed by atoms with Gasteiger partial charge in [-0.3, -0.25) is 0 Å². The number of hydrogen-bond acceptors (Lipinski definition) is 1. The Kier molecular flexibility index (Phi) is 6.23. The van der Waals surface area contributed by atoms with E-state index in [-0.39, 0.29) is 0 Å². The quantitative estimate of drug-likeness (QED) is 0.599. The van der Waals surface area contributed by atoms with E-state index in [2.05, 4.69) is 35.6 Å². The second kappa shape index (κ2) is 8.60. The van der Waals surface area contributed by atoms with Gasteiger partial charge in [0.05, 0.1) is 0 Å². The third-order valence-electron chi connectivity index (χ3n) is 4.51. The largest absolute Gasteiger partial charge is 0.388 e. The Bertz CT molecular complexity index is 696. The zero-order valence-electron chi connectivity index (χ0n) is 13.8. The number of alkyl halides is 1. The van der Waals surface area contributed by atoms with Crippen LogP contribution in [0, 0.1) is 0 Å². The first-order valence-corrected chi connectivity index (χ1v) is 9.57. The van der Waals surface area contributed by atoms with Gasteiger partial charge in [-0.25, -0.2) is 0 Å². The first kappa shape index (κ1) is 17.4. The van der Waals surface area contributed by atoms with E-state index in [9.17, 15) is 0 Å². The monoisotopic (exact) mass is 359 g/mol. The number of halogens is 2. The molecule has 3 rings (SSSR count). The van der Waals surface area contributed by atoms with Crippen molar-refractivity contribution in [3.05, 3.63) is 64.8 Å². The predicted octanol–water partition coefficient (Wildman–Crippen LogP) is 6.51. The highest BCUT2D eigenvalue weighted by molar-refractivity contribution is 6.30. The van der Waals surface area contributed by atoms with E-state index in [1.807, 2.05) is 18.2 Å². The molecule has 2 aromatic carbocycles. The third-order valence-corrected chi connectivity index (χ3v) is 5.01. The molecule has 1 saturated heterocycles. The Morgan fingerprint density at radius 3 is 2.50 bits per heavy atom. The Hall–Kier alpha value is -1.44. The summed E-state index contributed by atoms with van der Waals surface area (Å²) in [7, 11) is 0. The lowest BCUT2D eigenvalue weighted by Gasteiger charge is -2.22. The number of rotatable bonds is 5. The van der Waals surface area contributed by atoms with Gasteiger partial charge in [-0.1, -0.05) is 48.0 Å². The van der Waals surface area contributed by atoms with Gasteiger partial charge in [0, 0.05) is 23.1 Å². The van der Waals surface area contributed by atoms with Gasteiger partial charge in [0.25, 0.3) is 0 Å². The van der Waals surface area contributed by atoms with Crippen LogP contribution >= 0.6 is 23.2 Å². The molecule has 0 radical (unpaired) electrons. The average Bonchev–Trinajstić information content (AvgIpc) is 2.63. The van der Waals surface area contributed by atoms with Crippen molar-refractivity contribution >= 4 is 28.8 Å². The standard InChI is InChI=1S/C21H23Cl2N/c22-13-4-7-20(21-8-1-2-14-24-21)17-11-9-16(10-12-17)18-5-3-6-19(23)15-18/h3,5-6,9-12,15,24H,1-2,4,7-8,13-14H2. The SMILES string of the molecule is ClCCCC(=C1CCCCN1)c1ccc(-c2cccc(Cl)c2)cc1. The normalized spacial score (nSPS) is 16.6. The number of allylic oxidation sites excluding steroid dienone is 2. The molecule has 0 atom stereocenters. The summed E-state index contributed by atoms with van der Waals surface area (Å²) in [6.07, 6.45) is 5.72. The van der Waals surface area contributed by atoms with Crippen molar-refractivity contribution in [2.24, 2.45) is 0 Å². The molecule has 0 aliphatic carbocycles. The van der Waals surface area contributed by atoms with Gasteiger partial charge in [-0.2, -0.15) is 0 Å². The van der Waals surface area contributed by atoms with Crippen LogP contribution in [0.2, 0.25) is 5.02 Å². The molecule has 24 heavy (non-hydrogen) atoms. The zero-order valence-corrected chi connectivity index (χ0v) is 15.3. The molecule has 3 heteroatoms. The number of nitrogens with one attached hydrogen (secondary N) is 1. The van der Waals surface area contributed by atoms with Crippen molar-refractivity contribution in [2.45, 2.75) is 32.1 Å². The van der Waals surface area contributed by atoms with Crippen LogP contribution in [0.25, 0.3) is 16.7 Å². The topological polar surface area (TPSA) is 12.0 Å². The second-order valence-corrected chi connectivity index (χ2v) is 7.04. The van der Waals surface area contributed by atoms with Crippen LogP contribution < -0.4 is 5.32 Å². The number of hydrogen-bond donors (Lipinski definition) is 1. The highest BCUT2D eigenvalue weighted by Crippen LogP contribution is 2.30. The van der Waals surface area contributed by atoms with E-state index in [0.29, 0.717) is 5.88 Å². The summed E-state index contributed by atoms with van der Waals surface area (Å²) in [5, 5.41) is 4.37. The molecule has 126 valence electrons. The third kappa shape index (κ3) is 4.34. The molecule has 0 spiro atoms. The highest BCUT2D eigenvalue weighted by atomic mass is 35.5. The molecule has 1 N–H and O–H groups in total. The van der Waals surface area contributed by atoms with E-state index in [1.54, 1.807) is 0 Å². The van der Waals surface area contributed by atoms with E-state index in [0.717, 1.165) is 36.4 Å². The fourth-order valence-electron chi connectivity index (χ4n) is 3.26. The van der Waals surface area contributed by atoms with Gasteiger partial charge in [-0.15, -0.1) is 11.6 Å². The molecule has 1 aliphatic heterocycles. The van der Waals surface area contributed by atoms with Crippen LogP contribution in [0.5, 0.6) is 0 Å². The summed E-state index contributed by atoms with van der Waals surface area (Å²) in [5.74, 6) is 0.706. The lowest BCUT2D eigenvalue weighted by molar-refractivity contribution is 0.587. The van der Waals surface area contributed by atoms with E-state index < -0.39 is 0 Å². The van der Waals surface area contributed by atoms with Crippen LogP contribution in [-0.2, 0) is 0 Å². The van der Waals surface area contributed by atoms with Gasteiger partial charge in [0.2, 0.25) is 0 Å². The first-order valence-electron chi connectivity index (χ1n) is 8.66. The molecule has 0 unspecified atom stereocenters. The average molecular weight is 360 g/mol. The van der Waals surface area contributed by atoms with Crippen molar-refractivity contribution in [2.75, 3.05) is 12.4 Å². The summed E-state index contributed by atoms with van der Waals surface area (Å²) < 4.78 is 0. The highest BCUT2D eigenvalue weighted by Gasteiger charge is 2.12. The van der Waals surface area contributed by atoms with E-state index in [4.69, 9.17) is 23.2 Å². The van der Waals surface area contributed by atoms with E-state index >= 15 is 0 Å². The summed E-state index contributed by atoms with van der Waals surface area (Å²) in [6.45, 7) is 1.08. The maximum atomic E-state index is 6.11. The predicted molar refractivity (Wildman–Crippen MR) is 106 cm³/mol. The molecule has 1 fully saturated rings. The summed E-state index contributed by atoms with van der Waals surface area (Å²) in [6, 6.07) is 16.8. The molecular formula is C21H23Cl2N. The zero-order chi connectivity index (χ0) is 16.8. The van der Waals surface area contributed by atoms with Crippen molar-refractivity contribution in [1.29, 1.82) is 0 Å². The smallest absolute Gasteiger partial charge is 0.0412 e. The number of benzene rings is 2. The minimum Gasteiger partial charge on any atom is -0.388 e. The van der Waals surface area contributed by atoms with Gasteiger partial charge in [-0.05, 0) is 66.5 Å². The number of piperidine rings is 1. The Balaban J connectivity index is 1.88. The minimum atomic E-state index is 0.706. The van der Waals surface area contributed by atoms with Crippen LogP contribution in [0.4, 0.5) is 0 Å². The van der Waals surface area contributed by atoms with Crippen LogP contribution in [-0.4, -0.2) is 12.4 Å². The van der Waals surface area contributed by atoms with E-state index in [1.165, 1.54) is 35.2 Å². The molecule has 2 aromatic rings. The first-order chi connectivity index (χ1) is 11.8. The summed E-state index contributed by atoms with van der Waals surface area (Å²) >= 11 is 12.0. The van der Waals surface area contributed by atoms with Crippen molar-refractivity contribution in [1.82, 2.24) is 5.32 Å². The molecule has 1 heterocycles. The fourth-order valence-corrected chi connectivity index (χ4v) is 3.58. The Morgan fingerprint density at radius 1 is 1.00 bits per heavy atom. The summed E-state index contributed by atoms with van der Waals surface area (Å²) in [4.78, 5) is 0. The fraction of sp³-hybridized carbons (Fsp3) is 0.333. The van der Waals surface area contributed by atoms with Crippen LogP contribution in [0.3, 0.4) is 0 Å². The van der Waals surface area contributed by atoms with Crippen molar-refractivity contribution in [3.63, 3.8) is 0 Å². The van der Waals surface area contributed by atoms with Crippen LogP contribution in [0.1, 0.15) is 37.7 Å². The lowest BCUT2D eigenvalue weighted by Crippen LogP contribution is -2.21. The van der Waals surface area contributed by atoms with Gasteiger partial charge >= 0.3 is 0 Å². The molecule has 0 amide bonds. The molecule has 0 aromatic heterocycles. The maximum Gasteiger partial charge on any atom is 0.0412 e. The Morgan fingerprint density at radius 2 is 1.83 bits per heavy atom. The molecule has 1 aliphatic rings. The molecule has 0 saturated carbocycles. The maximum absolute atomic E-state index is 6.11. The summed E-state index contributed by atoms with van der Waals surface area (Å²) in [5.41, 5.74) is 6.48. The second-order valence-electron chi connectivity index (χ2n) is 6.22. The molecule has 1 nitrogen and oxygen atoms in total. The Labute approximate surface area is 154 Å². The van der Waals surface area contributed by atoms with Crippen molar-refractivity contribution < 1.29 is 0 Å². The molecule has 0 bridgehead atoms. The van der Waals surface area contributed by atoms with Crippen molar-refractivity contribution in [3.8, 4) is 11.1 Å². The van der Waals surface area contributed by atoms with Crippen LogP contribution in [0.15, 0.2) is 54.2 Å². The molecular weight excluding hydrogens is 337 g/mol. The van der Waals surface area contributed by atoms with Gasteiger partial charge in [0.1, 0.15) is 0 Å².